The predicted octanol–water partition coefficient (Wildman–Crippen LogP) is 4.56. The standard InChI is InChI=1S/C18H21NO2/c1-4-13-7-6-8-14(5-2)17(13)19-16-10-9-12(3)11-15(16)18(20)21/h6-11,19H,4-5H2,1-3H3,(H,20,21). The van der Waals surface area contributed by atoms with Crippen LogP contribution in [0.15, 0.2) is 36.4 Å². The predicted molar refractivity (Wildman–Crippen MR) is 86.6 cm³/mol. The first-order valence-electron chi connectivity index (χ1n) is 7.28. The van der Waals surface area contributed by atoms with E-state index in [1.165, 1.54) is 11.1 Å². The molecule has 0 amide bonds. The van der Waals surface area contributed by atoms with Gasteiger partial charge in [0.1, 0.15) is 0 Å². The van der Waals surface area contributed by atoms with Crippen LogP contribution in [-0.2, 0) is 12.8 Å². The van der Waals surface area contributed by atoms with E-state index in [4.69, 9.17) is 0 Å². The molecule has 0 atom stereocenters. The zero-order chi connectivity index (χ0) is 15.4. The number of anilines is 2. The van der Waals surface area contributed by atoms with E-state index in [2.05, 4.69) is 37.4 Å². The highest BCUT2D eigenvalue weighted by Gasteiger charge is 2.13. The maximum absolute atomic E-state index is 11.4. The maximum Gasteiger partial charge on any atom is 0.337 e. The second-order valence-corrected chi connectivity index (χ2v) is 5.14. The van der Waals surface area contributed by atoms with Gasteiger partial charge < -0.3 is 10.4 Å². The van der Waals surface area contributed by atoms with Crippen molar-refractivity contribution in [1.29, 1.82) is 0 Å². The summed E-state index contributed by atoms with van der Waals surface area (Å²) in [5.74, 6) is -0.909. The number of hydrogen-bond acceptors (Lipinski definition) is 2. The molecule has 21 heavy (non-hydrogen) atoms. The van der Waals surface area contributed by atoms with Gasteiger partial charge in [-0.15, -0.1) is 0 Å². The van der Waals surface area contributed by atoms with Crippen molar-refractivity contribution in [3.05, 3.63) is 58.7 Å². The van der Waals surface area contributed by atoms with Crippen molar-refractivity contribution in [3.8, 4) is 0 Å². The van der Waals surface area contributed by atoms with Crippen molar-refractivity contribution in [3.63, 3.8) is 0 Å². The molecule has 3 heteroatoms. The van der Waals surface area contributed by atoms with Crippen LogP contribution in [-0.4, -0.2) is 11.1 Å². The van der Waals surface area contributed by atoms with Crippen molar-refractivity contribution < 1.29 is 9.90 Å². The van der Waals surface area contributed by atoms with E-state index < -0.39 is 5.97 Å². The van der Waals surface area contributed by atoms with Crippen molar-refractivity contribution in [1.82, 2.24) is 0 Å². The van der Waals surface area contributed by atoms with E-state index in [1.807, 2.05) is 19.1 Å². The lowest BCUT2D eigenvalue weighted by Gasteiger charge is -2.17. The zero-order valence-corrected chi connectivity index (χ0v) is 12.7. The third-order valence-electron chi connectivity index (χ3n) is 3.66. The minimum atomic E-state index is -0.909. The normalized spacial score (nSPS) is 10.4. The molecule has 0 heterocycles. The van der Waals surface area contributed by atoms with Gasteiger partial charge in [0.2, 0.25) is 0 Å². The number of carbonyl (C=O) groups is 1. The molecule has 2 rings (SSSR count). The Hall–Kier alpha value is -2.29. The van der Waals surface area contributed by atoms with Crippen LogP contribution in [0.3, 0.4) is 0 Å². The Bertz CT molecular complexity index is 640. The van der Waals surface area contributed by atoms with E-state index in [-0.39, 0.29) is 0 Å². The summed E-state index contributed by atoms with van der Waals surface area (Å²) in [5, 5.41) is 12.7. The van der Waals surface area contributed by atoms with Gasteiger partial charge in [0.15, 0.2) is 0 Å². The molecular weight excluding hydrogens is 262 g/mol. The van der Waals surface area contributed by atoms with Gasteiger partial charge in [-0.1, -0.05) is 43.7 Å². The van der Waals surface area contributed by atoms with Crippen LogP contribution < -0.4 is 5.32 Å². The van der Waals surface area contributed by atoms with E-state index in [1.54, 1.807) is 6.07 Å². The molecule has 0 aliphatic heterocycles. The third-order valence-corrected chi connectivity index (χ3v) is 3.66. The molecular formula is C18H21NO2. The molecule has 0 aromatic heterocycles. The van der Waals surface area contributed by atoms with Gasteiger partial charge in [-0.3, -0.25) is 0 Å². The summed E-state index contributed by atoms with van der Waals surface area (Å²) in [7, 11) is 0. The molecule has 3 nitrogen and oxygen atoms in total. The number of hydrogen-bond donors (Lipinski definition) is 2. The fourth-order valence-electron chi connectivity index (χ4n) is 2.48. The summed E-state index contributed by atoms with van der Waals surface area (Å²) in [6.45, 7) is 6.11. The van der Waals surface area contributed by atoms with Crippen LogP contribution in [0, 0.1) is 6.92 Å². The molecule has 0 unspecified atom stereocenters. The van der Waals surface area contributed by atoms with Crippen molar-refractivity contribution in [2.75, 3.05) is 5.32 Å². The van der Waals surface area contributed by atoms with Gasteiger partial charge in [0, 0.05) is 5.69 Å². The second kappa shape index (κ2) is 6.44. The molecule has 0 fully saturated rings. The van der Waals surface area contributed by atoms with E-state index in [9.17, 15) is 9.90 Å². The van der Waals surface area contributed by atoms with Gasteiger partial charge in [0.05, 0.1) is 11.3 Å². The Morgan fingerprint density at radius 1 is 1.10 bits per heavy atom. The quantitative estimate of drug-likeness (QED) is 0.845. The van der Waals surface area contributed by atoms with Crippen LogP contribution in [0.1, 0.15) is 40.9 Å². The molecule has 2 aromatic carbocycles. The highest BCUT2D eigenvalue weighted by atomic mass is 16.4. The SMILES string of the molecule is CCc1cccc(CC)c1Nc1ccc(C)cc1C(=O)O. The highest BCUT2D eigenvalue weighted by Crippen LogP contribution is 2.28. The molecule has 2 aromatic rings. The minimum absolute atomic E-state index is 0.308. The van der Waals surface area contributed by atoms with Crippen molar-refractivity contribution >= 4 is 17.3 Å². The molecule has 2 N–H and O–H groups in total. The lowest BCUT2D eigenvalue weighted by Crippen LogP contribution is -2.06. The molecule has 0 radical (unpaired) electrons. The summed E-state index contributed by atoms with van der Waals surface area (Å²) in [6.07, 6.45) is 1.81. The monoisotopic (exact) mass is 283 g/mol. The smallest absolute Gasteiger partial charge is 0.337 e. The number of rotatable bonds is 5. The average molecular weight is 283 g/mol. The van der Waals surface area contributed by atoms with Gasteiger partial charge in [-0.25, -0.2) is 4.79 Å². The minimum Gasteiger partial charge on any atom is -0.478 e. The number of carboxylic acid groups (broad SMARTS) is 1. The van der Waals surface area contributed by atoms with Crippen LogP contribution >= 0.6 is 0 Å². The number of carboxylic acids is 1. The first kappa shape index (κ1) is 15.1. The molecule has 0 spiro atoms. The second-order valence-electron chi connectivity index (χ2n) is 5.14. The molecule has 0 saturated carbocycles. The van der Waals surface area contributed by atoms with Crippen LogP contribution in [0.2, 0.25) is 0 Å². The highest BCUT2D eigenvalue weighted by molar-refractivity contribution is 5.95. The van der Waals surface area contributed by atoms with E-state index >= 15 is 0 Å². The first-order valence-corrected chi connectivity index (χ1v) is 7.28. The molecule has 0 aliphatic carbocycles. The lowest BCUT2D eigenvalue weighted by molar-refractivity contribution is 0.0698. The maximum atomic E-state index is 11.4. The van der Waals surface area contributed by atoms with Crippen LogP contribution in [0.25, 0.3) is 0 Å². The summed E-state index contributed by atoms with van der Waals surface area (Å²) in [5.41, 5.74) is 5.33. The topological polar surface area (TPSA) is 49.3 Å². The fraction of sp³-hybridized carbons (Fsp3) is 0.278. The lowest BCUT2D eigenvalue weighted by atomic mass is 10.0. The Morgan fingerprint density at radius 3 is 2.24 bits per heavy atom. The number of nitrogens with one attached hydrogen (secondary N) is 1. The van der Waals surface area contributed by atoms with Gasteiger partial charge >= 0.3 is 5.97 Å². The summed E-state index contributed by atoms with van der Waals surface area (Å²) < 4.78 is 0. The van der Waals surface area contributed by atoms with Crippen LogP contribution in [0.5, 0.6) is 0 Å². The number of aryl methyl sites for hydroxylation is 3. The average Bonchev–Trinajstić information content (AvgIpc) is 2.48. The molecule has 0 bridgehead atoms. The summed E-state index contributed by atoms with van der Waals surface area (Å²) in [4.78, 5) is 11.4. The molecule has 0 saturated heterocycles. The van der Waals surface area contributed by atoms with Crippen molar-refractivity contribution in [2.45, 2.75) is 33.6 Å². The zero-order valence-electron chi connectivity index (χ0n) is 12.7. The van der Waals surface area contributed by atoms with Crippen molar-refractivity contribution in [2.24, 2.45) is 0 Å². The Kier molecular flexibility index (Phi) is 4.63. The van der Waals surface area contributed by atoms with Gasteiger partial charge in [-0.05, 0) is 43.0 Å². The van der Waals surface area contributed by atoms with Gasteiger partial charge in [0.25, 0.3) is 0 Å². The van der Waals surface area contributed by atoms with Gasteiger partial charge in [-0.2, -0.15) is 0 Å². The summed E-state index contributed by atoms with van der Waals surface area (Å²) >= 11 is 0. The van der Waals surface area contributed by atoms with E-state index in [0.717, 1.165) is 24.1 Å². The Morgan fingerprint density at radius 2 is 1.71 bits per heavy atom. The largest absolute Gasteiger partial charge is 0.478 e. The van der Waals surface area contributed by atoms with E-state index in [0.29, 0.717) is 11.3 Å². The fourth-order valence-corrected chi connectivity index (χ4v) is 2.48. The Labute approximate surface area is 125 Å². The first-order chi connectivity index (χ1) is 10.1. The molecule has 0 aliphatic rings. The number of benzene rings is 2. The third kappa shape index (κ3) is 3.24. The number of para-hydroxylation sites is 1. The number of aromatic carboxylic acids is 1. The van der Waals surface area contributed by atoms with Crippen LogP contribution in [0.4, 0.5) is 11.4 Å². The summed E-state index contributed by atoms with van der Waals surface area (Å²) in [6, 6.07) is 11.7. The molecule has 110 valence electrons. The Balaban J connectivity index is 2.50.